The lowest BCUT2D eigenvalue weighted by atomic mass is 9.94. The Morgan fingerprint density at radius 1 is 1.03 bits per heavy atom. The van der Waals surface area contributed by atoms with Crippen LogP contribution in [-0.4, -0.2) is 56.8 Å². The van der Waals surface area contributed by atoms with Gasteiger partial charge in [0.05, 0.1) is 4.90 Å². The molecule has 2 heterocycles. The van der Waals surface area contributed by atoms with Crippen molar-refractivity contribution in [2.24, 2.45) is 11.8 Å². The highest BCUT2D eigenvalue weighted by Crippen LogP contribution is 2.24. The number of amides is 1. The van der Waals surface area contributed by atoms with Crippen LogP contribution in [0.5, 0.6) is 0 Å². The Morgan fingerprint density at radius 2 is 1.79 bits per heavy atom. The third-order valence-corrected chi connectivity index (χ3v) is 8.24. The molecule has 2 aliphatic heterocycles. The first-order valence-electron chi connectivity index (χ1n) is 12.0. The average Bonchev–Trinajstić information content (AvgIpc) is 2.80. The molecule has 2 saturated heterocycles. The minimum atomic E-state index is -3.78. The van der Waals surface area contributed by atoms with Gasteiger partial charge < -0.3 is 9.80 Å². The number of rotatable bonds is 6. The lowest BCUT2D eigenvalue weighted by Gasteiger charge is -2.38. The number of likely N-dealkylation sites (tertiary alicyclic amines) is 2. The van der Waals surface area contributed by atoms with Crippen LogP contribution in [0.15, 0.2) is 53.4 Å². The van der Waals surface area contributed by atoms with Gasteiger partial charge in [0, 0.05) is 30.9 Å². The van der Waals surface area contributed by atoms with Gasteiger partial charge in [0.1, 0.15) is 0 Å². The van der Waals surface area contributed by atoms with E-state index in [1.807, 2.05) is 24.0 Å². The van der Waals surface area contributed by atoms with E-state index in [1.54, 1.807) is 24.3 Å². The second kappa shape index (κ2) is 10.3. The third kappa shape index (κ3) is 6.15. The van der Waals surface area contributed by atoms with E-state index in [1.165, 1.54) is 25.0 Å². The fourth-order valence-corrected chi connectivity index (χ4v) is 6.00. The summed E-state index contributed by atoms with van der Waals surface area (Å²) in [5, 5.41) is 0. The van der Waals surface area contributed by atoms with E-state index in [2.05, 4.69) is 16.5 Å². The number of aryl methyl sites for hydroxylation is 1. The van der Waals surface area contributed by atoms with Crippen molar-refractivity contribution in [2.75, 3.05) is 37.4 Å². The minimum Gasteiger partial charge on any atom is -0.338 e. The topological polar surface area (TPSA) is 69.7 Å². The number of nitrogens with one attached hydrogen (secondary N) is 1. The molecule has 2 aromatic carbocycles. The van der Waals surface area contributed by atoms with Crippen LogP contribution < -0.4 is 4.72 Å². The van der Waals surface area contributed by atoms with Crippen molar-refractivity contribution in [3.8, 4) is 0 Å². The standard InChI is InChI=1S/C26H35N3O3S/c1-20-11-14-28(15-12-20)18-22-7-5-13-29(19-22)26(30)23-8-4-10-25(17-23)33(31,32)27-24-9-3-6-21(2)16-24/h3-4,6,8-10,16-17,20,22,27H,5,7,11-15,18-19H2,1-2H3. The van der Waals surface area contributed by atoms with Gasteiger partial charge in [-0.15, -0.1) is 0 Å². The Labute approximate surface area is 198 Å². The van der Waals surface area contributed by atoms with E-state index < -0.39 is 10.0 Å². The number of carbonyl (C=O) groups excluding carboxylic acids is 1. The van der Waals surface area contributed by atoms with Gasteiger partial charge in [-0.05, 0) is 93.4 Å². The van der Waals surface area contributed by atoms with Crippen molar-refractivity contribution in [1.82, 2.24) is 9.80 Å². The molecule has 1 unspecified atom stereocenters. The predicted molar refractivity (Wildman–Crippen MR) is 132 cm³/mol. The monoisotopic (exact) mass is 469 g/mol. The van der Waals surface area contributed by atoms with Gasteiger partial charge in [-0.3, -0.25) is 9.52 Å². The molecule has 0 aromatic heterocycles. The Kier molecular flexibility index (Phi) is 7.39. The number of benzene rings is 2. The largest absolute Gasteiger partial charge is 0.338 e. The Morgan fingerprint density at radius 3 is 2.55 bits per heavy atom. The summed E-state index contributed by atoms with van der Waals surface area (Å²) in [4.78, 5) is 17.8. The maximum absolute atomic E-state index is 13.3. The predicted octanol–water partition coefficient (Wildman–Crippen LogP) is 4.38. The smallest absolute Gasteiger partial charge is 0.261 e. The Hall–Kier alpha value is -2.38. The summed E-state index contributed by atoms with van der Waals surface area (Å²) in [5.74, 6) is 1.21. The lowest BCUT2D eigenvalue weighted by molar-refractivity contribution is 0.0622. The number of anilines is 1. The molecule has 1 amide bonds. The van der Waals surface area contributed by atoms with Crippen LogP contribution in [0.2, 0.25) is 0 Å². The van der Waals surface area contributed by atoms with Crippen molar-refractivity contribution in [1.29, 1.82) is 0 Å². The molecule has 6 nitrogen and oxygen atoms in total. The van der Waals surface area contributed by atoms with Gasteiger partial charge >= 0.3 is 0 Å². The quantitative estimate of drug-likeness (QED) is 0.682. The molecule has 178 valence electrons. The SMILES string of the molecule is Cc1cccc(NS(=O)(=O)c2cccc(C(=O)N3CCCC(CN4CCC(C)CC4)C3)c2)c1. The summed E-state index contributed by atoms with van der Waals surface area (Å²) < 4.78 is 28.5. The first kappa shape index (κ1) is 23.8. The highest BCUT2D eigenvalue weighted by Gasteiger charge is 2.27. The van der Waals surface area contributed by atoms with Crippen molar-refractivity contribution >= 4 is 21.6 Å². The first-order chi connectivity index (χ1) is 15.8. The molecule has 2 aliphatic rings. The molecule has 1 N–H and O–H groups in total. The minimum absolute atomic E-state index is 0.0837. The normalized spacial score (nSPS) is 20.5. The second-order valence-corrected chi connectivity index (χ2v) is 11.4. The van der Waals surface area contributed by atoms with Gasteiger partial charge in [-0.2, -0.15) is 0 Å². The van der Waals surface area contributed by atoms with Crippen LogP contribution in [0.3, 0.4) is 0 Å². The Balaban J connectivity index is 1.42. The van der Waals surface area contributed by atoms with E-state index in [9.17, 15) is 13.2 Å². The molecular weight excluding hydrogens is 434 g/mol. The van der Waals surface area contributed by atoms with Gasteiger partial charge in [-0.1, -0.05) is 25.1 Å². The van der Waals surface area contributed by atoms with E-state index in [-0.39, 0.29) is 10.8 Å². The number of nitrogens with zero attached hydrogens (tertiary/aromatic N) is 2. The lowest BCUT2D eigenvalue weighted by Crippen LogP contribution is -2.45. The zero-order chi connectivity index (χ0) is 23.4. The van der Waals surface area contributed by atoms with Crippen molar-refractivity contribution in [2.45, 2.75) is 44.4 Å². The molecule has 2 fully saturated rings. The molecule has 4 rings (SSSR count). The zero-order valence-corrected chi connectivity index (χ0v) is 20.5. The highest BCUT2D eigenvalue weighted by atomic mass is 32.2. The molecule has 0 saturated carbocycles. The molecule has 33 heavy (non-hydrogen) atoms. The molecule has 0 bridgehead atoms. The summed E-state index contributed by atoms with van der Waals surface area (Å²) in [6, 6.07) is 13.6. The zero-order valence-electron chi connectivity index (χ0n) is 19.7. The number of sulfonamides is 1. The van der Waals surface area contributed by atoms with Gasteiger partial charge in [0.25, 0.3) is 15.9 Å². The average molecular weight is 470 g/mol. The number of carbonyl (C=O) groups is 1. The summed E-state index contributed by atoms with van der Waals surface area (Å²) in [6.07, 6.45) is 4.65. The Bertz CT molecular complexity index is 1080. The van der Waals surface area contributed by atoms with E-state index in [4.69, 9.17) is 0 Å². The fraction of sp³-hybridized carbons (Fsp3) is 0.500. The molecular formula is C26H35N3O3S. The highest BCUT2D eigenvalue weighted by molar-refractivity contribution is 7.92. The number of hydrogen-bond acceptors (Lipinski definition) is 4. The summed E-state index contributed by atoms with van der Waals surface area (Å²) in [5.41, 5.74) is 1.91. The molecule has 1 atom stereocenters. The van der Waals surface area contributed by atoms with Crippen LogP contribution in [0.25, 0.3) is 0 Å². The van der Waals surface area contributed by atoms with E-state index in [0.29, 0.717) is 17.2 Å². The fourth-order valence-electron chi connectivity index (χ4n) is 4.91. The number of hydrogen-bond donors (Lipinski definition) is 1. The van der Waals surface area contributed by atoms with Crippen molar-refractivity contribution in [3.63, 3.8) is 0 Å². The maximum Gasteiger partial charge on any atom is 0.261 e. The summed E-state index contributed by atoms with van der Waals surface area (Å²) in [7, 11) is -3.78. The molecule has 0 radical (unpaired) electrons. The van der Waals surface area contributed by atoms with Gasteiger partial charge in [0.2, 0.25) is 0 Å². The summed E-state index contributed by atoms with van der Waals surface area (Å²) >= 11 is 0. The molecule has 0 spiro atoms. The van der Waals surface area contributed by atoms with Crippen molar-refractivity contribution in [3.05, 3.63) is 59.7 Å². The van der Waals surface area contributed by atoms with Crippen LogP contribution in [0, 0.1) is 18.8 Å². The molecule has 2 aromatic rings. The molecule has 7 heteroatoms. The first-order valence-corrected chi connectivity index (χ1v) is 13.5. The van der Waals surface area contributed by atoms with Gasteiger partial charge in [0.15, 0.2) is 0 Å². The van der Waals surface area contributed by atoms with E-state index >= 15 is 0 Å². The number of piperidine rings is 2. The summed E-state index contributed by atoms with van der Waals surface area (Å²) in [6.45, 7) is 9.05. The van der Waals surface area contributed by atoms with Crippen LogP contribution in [0.4, 0.5) is 5.69 Å². The van der Waals surface area contributed by atoms with Crippen molar-refractivity contribution < 1.29 is 13.2 Å². The third-order valence-electron chi connectivity index (χ3n) is 6.86. The van der Waals surface area contributed by atoms with Crippen LogP contribution in [0.1, 0.15) is 48.5 Å². The van der Waals surface area contributed by atoms with E-state index in [0.717, 1.165) is 57.0 Å². The van der Waals surface area contributed by atoms with Crippen LogP contribution in [-0.2, 0) is 10.0 Å². The van der Waals surface area contributed by atoms with Gasteiger partial charge in [-0.25, -0.2) is 8.42 Å². The second-order valence-electron chi connectivity index (χ2n) is 9.75. The van der Waals surface area contributed by atoms with Crippen LogP contribution >= 0.6 is 0 Å². The molecule has 0 aliphatic carbocycles. The maximum atomic E-state index is 13.3.